The Morgan fingerprint density at radius 3 is 2.21 bits per heavy atom. The normalized spacial score (nSPS) is 21.7. The van der Waals surface area contributed by atoms with Gasteiger partial charge in [0.1, 0.15) is 0 Å². The lowest BCUT2D eigenvalue weighted by atomic mass is 9.66. The van der Waals surface area contributed by atoms with E-state index >= 15 is 0 Å². The molecular weight excluding hydrogens is 430 g/mol. The van der Waals surface area contributed by atoms with Gasteiger partial charge in [-0.1, -0.05) is 60.7 Å². The molecule has 2 aromatic carbocycles. The molecule has 6 heteroatoms. The smallest absolute Gasteiger partial charge is 0.339 e. The van der Waals surface area contributed by atoms with Crippen molar-refractivity contribution in [2.75, 3.05) is 26.4 Å². The lowest BCUT2D eigenvalue weighted by Crippen LogP contribution is -2.59. The largest absolute Gasteiger partial charge is 0.463 e. The first kappa shape index (κ1) is 23.8. The lowest BCUT2D eigenvalue weighted by Gasteiger charge is -2.52. The molecular formula is C28H31NO5. The number of benzene rings is 2. The number of carbonyl (C=O) groups is 2. The van der Waals surface area contributed by atoms with Crippen LogP contribution in [0.1, 0.15) is 38.3 Å². The van der Waals surface area contributed by atoms with E-state index in [-0.39, 0.29) is 25.1 Å². The average Bonchev–Trinajstić information content (AvgIpc) is 3.13. The first-order valence-electron chi connectivity index (χ1n) is 11.9. The van der Waals surface area contributed by atoms with Gasteiger partial charge in [0, 0.05) is 25.1 Å². The molecule has 1 fully saturated rings. The van der Waals surface area contributed by atoms with Gasteiger partial charge < -0.3 is 19.1 Å². The molecule has 0 aromatic heterocycles. The van der Waals surface area contributed by atoms with Crippen molar-refractivity contribution in [3.8, 4) is 0 Å². The summed E-state index contributed by atoms with van der Waals surface area (Å²) in [4.78, 5) is 28.0. The van der Waals surface area contributed by atoms with Crippen LogP contribution in [-0.4, -0.2) is 48.9 Å². The van der Waals surface area contributed by atoms with Crippen LogP contribution in [0, 0.1) is 5.92 Å². The average molecular weight is 462 g/mol. The molecule has 6 nitrogen and oxygen atoms in total. The van der Waals surface area contributed by atoms with Crippen LogP contribution in [0.3, 0.4) is 0 Å². The maximum atomic E-state index is 13.4. The van der Waals surface area contributed by atoms with E-state index < -0.39 is 11.7 Å². The molecule has 2 aromatic rings. The van der Waals surface area contributed by atoms with E-state index in [1.165, 1.54) is 6.08 Å². The number of carbonyl (C=O) groups excluding carboxylic acids is 2. The van der Waals surface area contributed by atoms with Gasteiger partial charge in [-0.15, -0.1) is 0 Å². The van der Waals surface area contributed by atoms with Gasteiger partial charge in [0.2, 0.25) is 0 Å². The van der Waals surface area contributed by atoms with E-state index in [0.29, 0.717) is 24.4 Å². The monoisotopic (exact) mass is 461 g/mol. The topological polar surface area (TPSA) is 65.1 Å². The Morgan fingerprint density at radius 2 is 1.59 bits per heavy atom. The predicted octanol–water partition coefficient (Wildman–Crippen LogP) is 4.68. The van der Waals surface area contributed by atoms with Crippen LogP contribution in [-0.2, 0) is 23.8 Å². The summed E-state index contributed by atoms with van der Waals surface area (Å²) in [5, 5.41) is 0. The summed E-state index contributed by atoms with van der Waals surface area (Å²) >= 11 is 0. The molecule has 34 heavy (non-hydrogen) atoms. The molecule has 1 heterocycles. The fourth-order valence-corrected chi connectivity index (χ4v) is 5.16. The SMILES string of the molecule is CCOC(=O)/C=C(/c1ccccc1)N1CCC2C(c3ccccc3)=C(C(=O)OCC)C21OCC. The van der Waals surface area contributed by atoms with Crippen molar-refractivity contribution in [1.29, 1.82) is 0 Å². The molecule has 0 saturated carbocycles. The van der Waals surface area contributed by atoms with Crippen molar-refractivity contribution in [2.24, 2.45) is 5.92 Å². The molecule has 0 N–H and O–H groups in total. The van der Waals surface area contributed by atoms with E-state index in [4.69, 9.17) is 14.2 Å². The van der Waals surface area contributed by atoms with Gasteiger partial charge in [-0.2, -0.15) is 0 Å². The van der Waals surface area contributed by atoms with Crippen LogP contribution in [0.2, 0.25) is 0 Å². The van der Waals surface area contributed by atoms with Gasteiger partial charge >= 0.3 is 11.9 Å². The molecule has 1 aliphatic heterocycles. The third-order valence-corrected chi connectivity index (χ3v) is 6.32. The highest BCUT2D eigenvalue weighted by Crippen LogP contribution is 2.60. The van der Waals surface area contributed by atoms with Crippen molar-refractivity contribution in [1.82, 2.24) is 4.90 Å². The highest BCUT2D eigenvalue weighted by molar-refractivity contribution is 6.06. The highest BCUT2D eigenvalue weighted by Gasteiger charge is 2.65. The summed E-state index contributed by atoms with van der Waals surface area (Å²) in [5.41, 5.74) is 2.97. The quantitative estimate of drug-likeness (QED) is 0.399. The number of nitrogens with zero attached hydrogens (tertiary/aromatic N) is 1. The Balaban J connectivity index is 1.90. The third kappa shape index (κ3) is 4.03. The van der Waals surface area contributed by atoms with E-state index in [1.807, 2.05) is 72.5 Å². The predicted molar refractivity (Wildman–Crippen MR) is 130 cm³/mol. The molecule has 1 aliphatic carbocycles. The zero-order chi connectivity index (χ0) is 24.1. The molecule has 178 valence electrons. The Labute approximate surface area is 200 Å². The third-order valence-electron chi connectivity index (χ3n) is 6.32. The van der Waals surface area contributed by atoms with Gasteiger partial charge in [-0.25, -0.2) is 9.59 Å². The number of hydrogen-bond acceptors (Lipinski definition) is 6. The highest BCUT2D eigenvalue weighted by atomic mass is 16.5. The van der Waals surface area contributed by atoms with E-state index in [1.54, 1.807) is 13.8 Å². The molecule has 0 bridgehead atoms. The Kier molecular flexibility index (Phi) is 7.17. The van der Waals surface area contributed by atoms with E-state index in [2.05, 4.69) is 0 Å². The molecule has 2 atom stereocenters. The lowest BCUT2D eigenvalue weighted by molar-refractivity contribution is -0.153. The van der Waals surface area contributed by atoms with Crippen LogP contribution in [0.4, 0.5) is 0 Å². The molecule has 1 saturated heterocycles. The molecule has 2 aliphatic rings. The van der Waals surface area contributed by atoms with Crippen LogP contribution in [0.25, 0.3) is 11.3 Å². The van der Waals surface area contributed by atoms with Gasteiger partial charge in [-0.05, 0) is 43.9 Å². The summed E-state index contributed by atoms with van der Waals surface area (Å²) in [5.74, 6) is -0.856. The molecule has 4 rings (SSSR count). The summed E-state index contributed by atoms with van der Waals surface area (Å²) < 4.78 is 17.2. The number of esters is 2. The van der Waals surface area contributed by atoms with Crippen LogP contribution in [0.15, 0.2) is 72.3 Å². The Hall–Kier alpha value is -3.38. The first-order valence-corrected chi connectivity index (χ1v) is 11.9. The number of likely N-dealkylation sites (tertiary alicyclic amines) is 1. The zero-order valence-electron chi connectivity index (χ0n) is 20.0. The second-order valence-corrected chi connectivity index (χ2v) is 8.15. The first-order chi connectivity index (χ1) is 16.6. The van der Waals surface area contributed by atoms with E-state index in [0.717, 1.165) is 23.1 Å². The van der Waals surface area contributed by atoms with Gasteiger partial charge in [0.05, 0.1) is 24.5 Å². The van der Waals surface area contributed by atoms with Crippen LogP contribution >= 0.6 is 0 Å². The van der Waals surface area contributed by atoms with Crippen molar-refractivity contribution >= 4 is 23.2 Å². The fourth-order valence-electron chi connectivity index (χ4n) is 5.16. The van der Waals surface area contributed by atoms with Gasteiger partial charge in [0.15, 0.2) is 5.72 Å². The summed E-state index contributed by atoms with van der Waals surface area (Å²) in [6.45, 7) is 7.06. The standard InChI is InChI=1S/C28H31NO5/c1-4-32-24(30)19-23(20-13-9-7-10-14-20)29-18-17-22-25(21-15-11-8-12-16-21)26(27(31)33-5-2)28(22,29)34-6-3/h7-16,19,22H,4-6,17-18H2,1-3H3/b23-19-. The van der Waals surface area contributed by atoms with Crippen molar-refractivity contribution in [2.45, 2.75) is 32.9 Å². The Bertz CT molecular complexity index is 1090. The summed E-state index contributed by atoms with van der Waals surface area (Å²) in [6, 6.07) is 19.6. The van der Waals surface area contributed by atoms with E-state index in [9.17, 15) is 9.59 Å². The number of ether oxygens (including phenoxy) is 3. The minimum Gasteiger partial charge on any atom is -0.463 e. The minimum absolute atomic E-state index is 0.0384. The van der Waals surface area contributed by atoms with Crippen molar-refractivity contribution in [3.63, 3.8) is 0 Å². The zero-order valence-corrected chi connectivity index (χ0v) is 20.0. The molecule has 0 amide bonds. The van der Waals surface area contributed by atoms with Crippen molar-refractivity contribution < 1.29 is 23.8 Å². The number of hydrogen-bond donors (Lipinski definition) is 0. The molecule has 0 radical (unpaired) electrons. The Morgan fingerprint density at radius 1 is 0.941 bits per heavy atom. The van der Waals surface area contributed by atoms with Gasteiger partial charge in [-0.3, -0.25) is 0 Å². The molecule has 0 spiro atoms. The second-order valence-electron chi connectivity index (χ2n) is 8.15. The number of rotatable bonds is 9. The van der Waals surface area contributed by atoms with Crippen molar-refractivity contribution in [3.05, 3.63) is 83.4 Å². The maximum Gasteiger partial charge on any atom is 0.339 e. The van der Waals surface area contributed by atoms with Crippen LogP contribution < -0.4 is 0 Å². The van der Waals surface area contributed by atoms with Gasteiger partial charge in [0.25, 0.3) is 0 Å². The second kappa shape index (κ2) is 10.3. The fraction of sp³-hybridized carbons (Fsp3) is 0.357. The minimum atomic E-state index is -1.01. The number of fused-ring (bicyclic) bond motifs is 1. The summed E-state index contributed by atoms with van der Waals surface area (Å²) in [7, 11) is 0. The summed E-state index contributed by atoms with van der Waals surface area (Å²) in [6.07, 6.45) is 2.28. The maximum absolute atomic E-state index is 13.4. The van der Waals surface area contributed by atoms with Crippen LogP contribution in [0.5, 0.6) is 0 Å². The molecule has 2 unspecified atom stereocenters.